The predicted octanol–water partition coefficient (Wildman–Crippen LogP) is 4.65. The molecule has 5 rings (SSSR count). The highest BCUT2D eigenvalue weighted by molar-refractivity contribution is 6.12. The van der Waals surface area contributed by atoms with Crippen molar-refractivity contribution in [3.63, 3.8) is 0 Å². The summed E-state index contributed by atoms with van der Waals surface area (Å²) < 4.78 is 15.0. The van der Waals surface area contributed by atoms with Gasteiger partial charge in [-0.25, -0.2) is 9.67 Å². The Morgan fingerprint density at radius 2 is 1.82 bits per heavy atom. The van der Waals surface area contributed by atoms with Crippen molar-refractivity contribution in [2.75, 3.05) is 18.5 Å². The van der Waals surface area contributed by atoms with Crippen molar-refractivity contribution in [2.24, 2.45) is 0 Å². The normalized spacial score (nSPS) is 13.5. The first-order chi connectivity index (χ1) is 16.2. The molecule has 1 aliphatic rings. The second-order valence-corrected chi connectivity index (χ2v) is 9.63. The van der Waals surface area contributed by atoms with Gasteiger partial charge in [0.25, 0.3) is 5.91 Å². The number of carbonyl (C=O) groups is 1. The Bertz CT molecular complexity index is 1380. The Kier molecular flexibility index (Phi) is 5.27. The zero-order valence-corrected chi connectivity index (χ0v) is 20.0. The molecule has 0 unspecified atom stereocenters. The van der Waals surface area contributed by atoms with Crippen LogP contribution in [0.25, 0.3) is 22.3 Å². The van der Waals surface area contributed by atoms with Crippen LogP contribution in [0.2, 0.25) is 0 Å². The van der Waals surface area contributed by atoms with Gasteiger partial charge in [-0.3, -0.25) is 9.48 Å². The monoisotopic (exact) mass is 460 g/mol. The smallest absolute Gasteiger partial charge is 0.256 e. The lowest BCUT2D eigenvalue weighted by atomic mass is 10.1. The van der Waals surface area contributed by atoms with Crippen molar-refractivity contribution in [3.05, 3.63) is 48.4 Å². The lowest BCUT2D eigenvalue weighted by molar-refractivity contribution is 0.102. The third-order valence-corrected chi connectivity index (χ3v) is 5.67. The minimum Gasteiger partial charge on any atom is -0.486 e. The number of fused-ring (bicyclic) bond motifs is 2. The highest BCUT2D eigenvalue weighted by atomic mass is 16.6. The first-order valence-corrected chi connectivity index (χ1v) is 11.4. The molecule has 0 atom stereocenters. The van der Waals surface area contributed by atoms with Crippen LogP contribution in [0.1, 0.15) is 51.0 Å². The fourth-order valence-corrected chi connectivity index (χ4v) is 3.89. The van der Waals surface area contributed by atoms with Crippen molar-refractivity contribution in [3.8, 4) is 22.8 Å². The molecule has 0 fully saturated rings. The third kappa shape index (κ3) is 3.98. The van der Waals surface area contributed by atoms with Crippen molar-refractivity contribution < 1.29 is 14.3 Å². The minimum absolute atomic E-state index is 0.0847. The Labute approximate surface area is 197 Å². The standard InChI is InChI=1S/C25H28N6O3/c1-15(2)31-23-19(13-27-31)18(24(32)28-17-12-26-30(14-17)25(3,4)5)11-20(29-23)16-6-7-21-22(10-16)34-9-8-33-21/h6-7,10-15H,8-9H2,1-5H3,(H,28,32). The average molecular weight is 461 g/mol. The van der Waals surface area contributed by atoms with E-state index in [1.807, 2.05) is 47.6 Å². The van der Waals surface area contributed by atoms with Crippen molar-refractivity contribution >= 4 is 22.6 Å². The van der Waals surface area contributed by atoms with E-state index in [9.17, 15) is 4.79 Å². The molecule has 176 valence electrons. The van der Waals surface area contributed by atoms with Gasteiger partial charge in [0.05, 0.1) is 40.3 Å². The Balaban J connectivity index is 1.58. The maximum Gasteiger partial charge on any atom is 0.256 e. The molecule has 0 saturated carbocycles. The highest BCUT2D eigenvalue weighted by Gasteiger charge is 2.21. The summed E-state index contributed by atoms with van der Waals surface area (Å²) >= 11 is 0. The van der Waals surface area contributed by atoms with Crippen LogP contribution < -0.4 is 14.8 Å². The molecule has 4 aromatic rings. The first kappa shape index (κ1) is 21.9. The molecule has 0 bridgehead atoms. The molecule has 9 nitrogen and oxygen atoms in total. The molecule has 0 aliphatic carbocycles. The van der Waals surface area contributed by atoms with Crippen LogP contribution in [0.15, 0.2) is 42.9 Å². The average Bonchev–Trinajstić information content (AvgIpc) is 3.45. The van der Waals surface area contributed by atoms with E-state index in [1.165, 1.54) is 0 Å². The molecular formula is C25H28N6O3. The summed E-state index contributed by atoms with van der Waals surface area (Å²) in [6.07, 6.45) is 5.18. The number of hydrogen-bond donors (Lipinski definition) is 1. The van der Waals surface area contributed by atoms with Crippen LogP contribution in [0.3, 0.4) is 0 Å². The van der Waals surface area contributed by atoms with Gasteiger partial charge in [-0.15, -0.1) is 0 Å². The maximum absolute atomic E-state index is 13.4. The van der Waals surface area contributed by atoms with Crippen LogP contribution in [-0.4, -0.2) is 43.7 Å². The zero-order valence-electron chi connectivity index (χ0n) is 20.0. The van der Waals surface area contributed by atoms with Crippen LogP contribution in [0.5, 0.6) is 11.5 Å². The summed E-state index contributed by atoms with van der Waals surface area (Å²) in [6.45, 7) is 11.3. The largest absolute Gasteiger partial charge is 0.486 e. The van der Waals surface area contributed by atoms with Crippen LogP contribution in [-0.2, 0) is 5.54 Å². The van der Waals surface area contributed by atoms with Crippen molar-refractivity contribution in [2.45, 2.75) is 46.2 Å². The third-order valence-electron chi connectivity index (χ3n) is 5.67. The SMILES string of the molecule is CC(C)n1ncc2c(C(=O)Nc3cnn(C(C)(C)C)c3)cc(-c3ccc4c(c3)OCCO4)nc21. The van der Waals surface area contributed by atoms with Gasteiger partial charge in [0.15, 0.2) is 17.1 Å². The Morgan fingerprint density at radius 3 is 2.53 bits per heavy atom. The number of nitrogens with one attached hydrogen (secondary N) is 1. The minimum atomic E-state index is -0.247. The topological polar surface area (TPSA) is 96.1 Å². The van der Waals surface area contributed by atoms with E-state index in [1.54, 1.807) is 18.5 Å². The number of aromatic nitrogens is 5. The number of pyridine rings is 1. The van der Waals surface area contributed by atoms with Gasteiger partial charge in [-0.05, 0) is 58.9 Å². The number of amides is 1. The number of anilines is 1. The Morgan fingerprint density at radius 1 is 1.06 bits per heavy atom. The number of nitrogens with zero attached hydrogens (tertiary/aromatic N) is 5. The molecule has 0 saturated heterocycles. The van der Waals surface area contributed by atoms with E-state index in [0.29, 0.717) is 52.7 Å². The zero-order chi connectivity index (χ0) is 24.0. The van der Waals surface area contributed by atoms with Crippen molar-refractivity contribution in [1.29, 1.82) is 0 Å². The van der Waals surface area contributed by atoms with E-state index in [-0.39, 0.29) is 17.5 Å². The number of hydrogen-bond acceptors (Lipinski definition) is 6. The second kappa shape index (κ2) is 8.16. The lowest BCUT2D eigenvalue weighted by Crippen LogP contribution is -2.22. The van der Waals surface area contributed by atoms with Crippen molar-refractivity contribution in [1.82, 2.24) is 24.5 Å². The fourth-order valence-electron chi connectivity index (χ4n) is 3.89. The summed E-state index contributed by atoms with van der Waals surface area (Å²) in [6, 6.07) is 7.57. The quantitative estimate of drug-likeness (QED) is 0.476. The molecule has 0 radical (unpaired) electrons. The fraction of sp³-hybridized carbons (Fsp3) is 0.360. The van der Waals surface area contributed by atoms with Gasteiger partial charge in [0.2, 0.25) is 0 Å². The molecule has 9 heteroatoms. The molecule has 1 aliphatic heterocycles. The predicted molar refractivity (Wildman–Crippen MR) is 130 cm³/mol. The van der Waals surface area contributed by atoms with Gasteiger partial charge < -0.3 is 14.8 Å². The van der Waals surface area contributed by atoms with E-state index in [0.717, 1.165) is 5.56 Å². The molecule has 1 amide bonds. The summed E-state index contributed by atoms with van der Waals surface area (Å²) in [4.78, 5) is 18.3. The van der Waals surface area contributed by atoms with Gasteiger partial charge in [0.1, 0.15) is 13.2 Å². The van der Waals surface area contributed by atoms with Crippen LogP contribution in [0.4, 0.5) is 5.69 Å². The molecule has 34 heavy (non-hydrogen) atoms. The molecule has 0 spiro atoms. The lowest BCUT2D eigenvalue weighted by Gasteiger charge is -2.19. The number of rotatable bonds is 4. The summed E-state index contributed by atoms with van der Waals surface area (Å²) in [5.41, 5.74) is 3.07. The van der Waals surface area contributed by atoms with E-state index < -0.39 is 0 Å². The molecule has 1 aromatic carbocycles. The van der Waals surface area contributed by atoms with Gasteiger partial charge in [-0.1, -0.05) is 0 Å². The highest BCUT2D eigenvalue weighted by Crippen LogP contribution is 2.35. The van der Waals surface area contributed by atoms with Gasteiger partial charge in [0, 0.05) is 17.8 Å². The number of carbonyl (C=O) groups excluding carboxylic acids is 1. The Hall–Kier alpha value is -3.88. The maximum atomic E-state index is 13.4. The van der Waals surface area contributed by atoms with Gasteiger partial charge >= 0.3 is 0 Å². The van der Waals surface area contributed by atoms with E-state index in [4.69, 9.17) is 14.5 Å². The number of ether oxygens (including phenoxy) is 2. The second-order valence-electron chi connectivity index (χ2n) is 9.63. The van der Waals surface area contributed by atoms with Gasteiger partial charge in [-0.2, -0.15) is 10.2 Å². The first-order valence-electron chi connectivity index (χ1n) is 11.4. The van der Waals surface area contributed by atoms with Crippen LogP contribution in [0, 0.1) is 0 Å². The summed E-state index contributed by atoms with van der Waals surface area (Å²) in [7, 11) is 0. The summed E-state index contributed by atoms with van der Waals surface area (Å²) in [5, 5.41) is 12.5. The van der Waals surface area contributed by atoms with E-state index >= 15 is 0 Å². The molecule has 3 aromatic heterocycles. The van der Waals surface area contributed by atoms with E-state index in [2.05, 4.69) is 36.3 Å². The summed E-state index contributed by atoms with van der Waals surface area (Å²) in [5.74, 6) is 1.13. The van der Waals surface area contributed by atoms with Crippen LogP contribution >= 0.6 is 0 Å². The molecular weight excluding hydrogens is 432 g/mol. The molecule has 4 heterocycles. The molecule has 1 N–H and O–H groups in total. The number of benzene rings is 1.